The summed E-state index contributed by atoms with van der Waals surface area (Å²) in [6.45, 7) is 10.7. The highest BCUT2D eigenvalue weighted by atomic mass is 16.5. The van der Waals surface area contributed by atoms with Gasteiger partial charge in [-0.2, -0.15) is 0 Å². The Hall–Kier alpha value is -0.0800. The number of aliphatic hydroxyl groups excluding tert-OH is 1. The summed E-state index contributed by atoms with van der Waals surface area (Å²) in [6.07, 6.45) is 5.45. The van der Waals surface area contributed by atoms with Gasteiger partial charge in [0.05, 0.1) is 6.10 Å². The fraction of sp³-hybridized carbons (Fsp3) is 1.00. The molecule has 0 bridgehead atoms. The Morgan fingerprint density at radius 2 is 1.83 bits per heavy atom. The lowest BCUT2D eigenvalue weighted by atomic mass is 9.74. The van der Waals surface area contributed by atoms with E-state index in [1.165, 1.54) is 12.8 Å². The van der Waals surface area contributed by atoms with Crippen LogP contribution in [-0.4, -0.2) is 24.4 Å². The van der Waals surface area contributed by atoms with Gasteiger partial charge in [0.2, 0.25) is 0 Å². The highest BCUT2D eigenvalue weighted by molar-refractivity contribution is 4.81. The molecule has 0 saturated heterocycles. The maximum atomic E-state index is 10.1. The van der Waals surface area contributed by atoms with Crippen LogP contribution in [0.5, 0.6) is 0 Å². The largest absolute Gasteiger partial charge is 0.393 e. The van der Waals surface area contributed by atoms with Crippen LogP contribution < -0.4 is 0 Å². The minimum atomic E-state index is -0.0892. The monoisotopic (exact) mass is 256 g/mol. The average Bonchev–Trinajstić information content (AvgIpc) is 2.30. The molecule has 1 saturated carbocycles. The minimum Gasteiger partial charge on any atom is -0.393 e. The van der Waals surface area contributed by atoms with Gasteiger partial charge in [-0.1, -0.05) is 27.7 Å². The second-order valence-corrected chi connectivity index (χ2v) is 6.73. The molecular weight excluding hydrogens is 224 g/mol. The number of hydrogen-bond acceptors (Lipinski definition) is 2. The topological polar surface area (TPSA) is 29.5 Å². The van der Waals surface area contributed by atoms with Crippen molar-refractivity contribution in [3.8, 4) is 0 Å². The Bertz CT molecular complexity index is 213. The summed E-state index contributed by atoms with van der Waals surface area (Å²) >= 11 is 0. The molecule has 2 nitrogen and oxygen atoms in total. The van der Waals surface area contributed by atoms with E-state index in [0.717, 1.165) is 50.2 Å². The van der Waals surface area contributed by atoms with Gasteiger partial charge in [-0.3, -0.25) is 0 Å². The summed E-state index contributed by atoms with van der Waals surface area (Å²) in [4.78, 5) is 0. The van der Waals surface area contributed by atoms with Gasteiger partial charge in [0.1, 0.15) is 0 Å². The SMILES string of the molecule is CC(C)CCOCCC1CC(C(C)C)CCC1O. The van der Waals surface area contributed by atoms with Crippen molar-refractivity contribution < 1.29 is 9.84 Å². The third-order valence-corrected chi connectivity index (χ3v) is 4.40. The molecule has 3 atom stereocenters. The predicted octanol–water partition coefficient (Wildman–Crippen LogP) is 3.87. The van der Waals surface area contributed by atoms with Crippen molar-refractivity contribution >= 4 is 0 Å². The van der Waals surface area contributed by atoms with Crippen molar-refractivity contribution in [1.29, 1.82) is 0 Å². The van der Waals surface area contributed by atoms with E-state index in [4.69, 9.17) is 4.74 Å². The van der Waals surface area contributed by atoms with Gasteiger partial charge in [-0.05, 0) is 55.8 Å². The van der Waals surface area contributed by atoms with E-state index >= 15 is 0 Å². The second kappa shape index (κ2) is 8.16. The third kappa shape index (κ3) is 5.71. The van der Waals surface area contributed by atoms with Crippen LogP contribution in [0.15, 0.2) is 0 Å². The standard InChI is InChI=1S/C16H32O2/c1-12(2)7-9-18-10-8-15-11-14(13(3)4)5-6-16(15)17/h12-17H,5-11H2,1-4H3. The average molecular weight is 256 g/mol. The second-order valence-electron chi connectivity index (χ2n) is 6.73. The Morgan fingerprint density at radius 1 is 1.11 bits per heavy atom. The highest BCUT2D eigenvalue weighted by Gasteiger charge is 2.30. The van der Waals surface area contributed by atoms with Crippen LogP contribution in [0, 0.1) is 23.7 Å². The van der Waals surface area contributed by atoms with E-state index in [1.54, 1.807) is 0 Å². The molecule has 3 unspecified atom stereocenters. The first-order valence-corrected chi connectivity index (χ1v) is 7.76. The fourth-order valence-corrected chi connectivity index (χ4v) is 2.86. The predicted molar refractivity (Wildman–Crippen MR) is 76.6 cm³/mol. The lowest BCUT2D eigenvalue weighted by Crippen LogP contribution is -2.32. The van der Waals surface area contributed by atoms with Gasteiger partial charge >= 0.3 is 0 Å². The molecule has 0 heterocycles. The lowest BCUT2D eigenvalue weighted by molar-refractivity contribution is 0.0142. The summed E-state index contributed by atoms with van der Waals surface area (Å²) in [6, 6.07) is 0. The van der Waals surface area contributed by atoms with Gasteiger partial charge in [-0.25, -0.2) is 0 Å². The maximum absolute atomic E-state index is 10.1. The molecule has 1 fully saturated rings. The molecule has 108 valence electrons. The van der Waals surface area contributed by atoms with Crippen LogP contribution in [0.1, 0.15) is 59.8 Å². The molecular formula is C16H32O2. The molecule has 1 aliphatic carbocycles. The first-order chi connectivity index (χ1) is 8.50. The summed E-state index contributed by atoms with van der Waals surface area (Å²) in [5.74, 6) is 2.73. The lowest BCUT2D eigenvalue weighted by Gasteiger charge is -2.35. The molecule has 1 rings (SSSR count). The van der Waals surface area contributed by atoms with Crippen LogP contribution in [0.25, 0.3) is 0 Å². The van der Waals surface area contributed by atoms with Crippen LogP contribution in [0.4, 0.5) is 0 Å². The first kappa shape index (κ1) is 16.0. The van der Waals surface area contributed by atoms with E-state index in [1.807, 2.05) is 0 Å². The van der Waals surface area contributed by atoms with Crippen molar-refractivity contribution in [1.82, 2.24) is 0 Å². The van der Waals surface area contributed by atoms with Crippen molar-refractivity contribution in [2.24, 2.45) is 23.7 Å². The smallest absolute Gasteiger partial charge is 0.0569 e. The van der Waals surface area contributed by atoms with Gasteiger partial charge < -0.3 is 9.84 Å². The maximum Gasteiger partial charge on any atom is 0.0569 e. The number of aliphatic hydroxyl groups is 1. The number of hydrogen-bond donors (Lipinski definition) is 1. The van der Waals surface area contributed by atoms with E-state index in [9.17, 15) is 5.11 Å². The summed E-state index contributed by atoms with van der Waals surface area (Å²) < 4.78 is 5.68. The zero-order valence-electron chi connectivity index (χ0n) is 12.7. The van der Waals surface area contributed by atoms with Crippen molar-refractivity contribution in [3.05, 3.63) is 0 Å². The zero-order chi connectivity index (χ0) is 13.5. The molecule has 18 heavy (non-hydrogen) atoms. The zero-order valence-corrected chi connectivity index (χ0v) is 12.7. The third-order valence-electron chi connectivity index (χ3n) is 4.40. The highest BCUT2D eigenvalue weighted by Crippen LogP contribution is 2.35. The first-order valence-electron chi connectivity index (χ1n) is 7.76. The molecule has 0 radical (unpaired) electrons. The van der Waals surface area contributed by atoms with Gasteiger partial charge in [0.25, 0.3) is 0 Å². The Labute approximate surface area is 113 Å². The van der Waals surface area contributed by atoms with Crippen molar-refractivity contribution in [3.63, 3.8) is 0 Å². The van der Waals surface area contributed by atoms with Crippen LogP contribution in [-0.2, 0) is 4.74 Å². The Balaban J connectivity index is 2.18. The quantitative estimate of drug-likeness (QED) is 0.701. The molecule has 0 amide bonds. The van der Waals surface area contributed by atoms with E-state index < -0.39 is 0 Å². The summed E-state index contributed by atoms with van der Waals surface area (Å²) in [5.41, 5.74) is 0. The van der Waals surface area contributed by atoms with Gasteiger partial charge in [0, 0.05) is 13.2 Å². The Morgan fingerprint density at radius 3 is 2.44 bits per heavy atom. The molecule has 1 N–H and O–H groups in total. The molecule has 0 aromatic carbocycles. The molecule has 1 aliphatic rings. The Kier molecular flexibility index (Phi) is 7.25. The van der Waals surface area contributed by atoms with Gasteiger partial charge in [-0.15, -0.1) is 0 Å². The van der Waals surface area contributed by atoms with Crippen LogP contribution >= 0.6 is 0 Å². The molecule has 0 aliphatic heterocycles. The number of ether oxygens (including phenoxy) is 1. The minimum absolute atomic E-state index is 0.0892. The summed E-state index contributed by atoms with van der Waals surface area (Å²) in [5, 5.41) is 10.1. The normalized spacial score (nSPS) is 29.2. The van der Waals surface area contributed by atoms with Gasteiger partial charge in [0.15, 0.2) is 0 Å². The van der Waals surface area contributed by atoms with E-state index in [-0.39, 0.29) is 6.10 Å². The molecule has 0 spiro atoms. The van der Waals surface area contributed by atoms with E-state index in [2.05, 4.69) is 27.7 Å². The summed E-state index contributed by atoms with van der Waals surface area (Å²) in [7, 11) is 0. The van der Waals surface area contributed by atoms with Crippen molar-refractivity contribution in [2.45, 2.75) is 65.9 Å². The van der Waals surface area contributed by atoms with Crippen molar-refractivity contribution in [2.75, 3.05) is 13.2 Å². The fourth-order valence-electron chi connectivity index (χ4n) is 2.86. The molecule has 0 aromatic rings. The van der Waals surface area contributed by atoms with Crippen LogP contribution in [0.2, 0.25) is 0 Å². The van der Waals surface area contributed by atoms with E-state index in [0.29, 0.717) is 5.92 Å². The molecule has 2 heteroatoms. The number of rotatable bonds is 7. The molecule has 0 aromatic heterocycles. The van der Waals surface area contributed by atoms with Crippen LogP contribution in [0.3, 0.4) is 0 Å².